The number of benzene rings is 1. The van der Waals surface area contributed by atoms with Gasteiger partial charge in [-0.2, -0.15) is 0 Å². The second-order valence-electron chi connectivity index (χ2n) is 4.11. The van der Waals surface area contributed by atoms with Gasteiger partial charge in [0, 0.05) is 5.25 Å². The molecule has 0 radical (unpaired) electrons. The molecule has 2 rings (SSSR count). The lowest BCUT2D eigenvalue weighted by atomic mass is 10.0. The minimum Gasteiger partial charge on any atom is -0.131 e. The highest BCUT2D eigenvalue weighted by molar-refractivity contribution is 8.02. The highest BCUT2D eigenvalue weighted by Crippen LogP contribution is 2.29. The molecular weight excluding hydrogens is 200 g/mol. The molecule has 1 aromatic rings. The third-order valence-electron chi connectivity index (χ3n) is 2.88. The molecule has 1 aromatic carbocycles. The molecule has 1 fully saturated rings. The first-order valence-electron chi connectivity index (χ1n) is 5.82. The van der Waals surface area contributed by atoms with Crippen molar-refractivity contribution < 1.29 is 0 Å². The van der Waals surface area contributed by atoms with Crippen LogP contribution in [0.25, 0.3) is 6.08 Å². The van der Waals surface area contributed by atoms with Gasteiger partial charge in [0.2, 0.25) is 0 Å². The standard InChI is InChI=1S/C14H18S/c1-3-7-13(8-4-1)11-12-15-14-9-5-2-6-10-14/h1,3-4,7-8,11-12,14H,2,5-6,9-10H2. The smallest absolute Gasteiger partial charge is 0.00884 e. The molecule has 0 unspecified atom stereocenters. The summed E-state index contributed by atoms with van der Waals surface area (Å²) < 4.78 is 0. The highest BCUT2D eigenvalue weighted by Gasteiger charge is 2.11. The third-order valence-corrected chi connectivity index (χ3v) is 4.03. The molecule has 0 spiro atoms. The van der Waals surface area contributed by atoms with Gasteiger partial charge in [-0.3, -0.25) is 0 Å². The summed E-state index contributed by atoms with van der Waals surface area (Å²) in [5.41, 5.74) is 1.31. The summed E-state index contributed by atoms with van der Waals surface area (Å²) in [7, 11) is 0. The van der Waals surface area contributed by atoms with Crippen molar-refractivity contribution in [3.05, 3.63) is 41.3 Å². The lowest BCUT2D eigenvalue weighted by Gasteiger charge is -2.18. The Morgan fingerprint density at radius 1 is 1.00 bits per heavy atom. The molecule has 80 valence electrons. The van der Waals surface area contributed by atoms with Crippen LogP contribution in [0.1, 0.15) is 37.7 Å². The molecule has 1 heteroatoms. The van der Waals surface area contributed by atoms with Crippen molar-refractivity contribution in [1.82, 2.24) is 0 Å². The van der Waals surface area contributed by atoms with Crippen LogP contribution < -0.4 is 0 Å². The van der Waals surface area contributed by atoms with Crippen molar-refractivity contribution >= 4 is 17.8 Å². The summed E-state index contributed by atoms with van der Waals surface area (Å²) in [5, 5.41) is 3.14. The van der Waals surface area contributed by atoms with Gasteiger partial charge in [-0.15, -0.1) is 11.8 Å². The minimum absolute atomic E-state index is 0.874. The molecule has 0 nitrogen and oxygen atoms in total. The molecule has 0 heterocycles. The highest BCUT2D eigenvalue weighted by atomic mass is 32.2. The zero-order valence-corrected chi connectivity index (χ0v) is 9.88. The maximum Gasteiger partial charge on any atom is 0.00884 e. The van der Waals surface area contributed by atoms with Gasteiger partial charge in [0.25, 0.3) is 0 Å². The maximum atomic E-state index is 2.27. The Labute approximate surface area is 96.8 Å². The molecule has 0 atom stereocenters. The Morgan fingerprint density at radius 3 is 2.47 bits per heavy atom. The van der Waals surface area contributed by atoms with E-state index in [1.54, 1.807) is 0 Å². The Kier molecular flexibility index (Phi) is 4.34. The maximum absolute atomic E-state index is 2.27. The van der Waals surface area contributed by atoms with E-state index in [4.69, 9.17) is 0 Å². The fraction of sp³-hybridized carbons (Fsp3) is 0.429. The van der Waals surface area contributed by atoms with Crippen molar-refractivity contribution in [2.45, 2.75) is 37.4 Å². The van der Waals surface area contributed by atoms with Gasteiger partial charge in [-0.1, -0.05) is 49.6 Å². The van der Waals surface area contributed by atoms with Gasteiger partial charge in [-0.25, -0.2) is 0 Å². The molecule has 0 saturated heterocycles. The number of rotatable bonds is 3. The predicted octanol–water partition coefficient (Wildman–Crippen LogP) is 4.72. The Balaban J connectivity index is 1.79. The van der Waals surface area contributed by atoms with Crippen LogP contribution in [0, 0.1) is 0 Å². The zero-order valence-electron chi connectivity index (χ0n) is 9.06. The van der Waals surface area contributed by atoms with Crippen LogP contribution in [0.5, 0.6) is 0 Å². The summed E-state index contributed by atoms with van der Waals surface area (Å²) in [5.74, 6) is 0. The summed E-state index contributed by atoms with van der Waals surface area (Å²) in [6.45, 7) is 0. The van der Waals surface area contributed by atoms with Crippen molar-refractivity contribution in [3.8, 4) is 0 Å². The van der Waals surface area contributed by atoms with Gasteiger partial charge in [0.05, 0.1) is 0 Å². The molecule has 1 saturated carbocycles. The van der Waals surface area contributed by atoms with Crippen LogP contribution in [0.2, 0.25) is 0 Å². The van der Waals surface area contributed by atoms with E-state index < -0.39 is 0 Å². The molecule has 1 aliphatic carbocycles. The molecule has 0 aromatic heterocycles. The van der Waals surface area contributed by atoms with Crippen LogP contribution >= 0.6 is 11.8 Å². The van der Waals surface area contributed by atoms with Crippen molar-refractivity contribution in [2.24, 2.45) is 0 Å². The number of thioether (sulfide) groups is 1. The summed E-state index contributed by atoms with van der Waals surface area (Å²) >= 11 is 2.01. The van der Waals surface area contributed by atoms with E-state index in [0.717, 1.165) is 5.25 Å². The largest absolute Gasteiger partial charge is 0.131 e. The second-order valence-corrected chi connectivity index (χ2v) is 5.32. The molecule has 15 heavy (non-hydrogen) atoms. The Hall–Kier alpha value is -0.690. The Morgan fingerprint density at radius 2 is 1.73 bits per heavy atom. The second kappa shape index (κ2) is 6.02. The van der Waals surface area contributed by atoms with E-state index in [2.05, 4.69) is 41.8 Å². The van der Waals surface area contributed by atoms with Gasteiger partial charge in [0.15, 0.2) is 0 Å². The minimum atomic E-state index is 0.874. The van der Waals surface area contributed by atoms with Gasteiger partial charge in [0.1, 0.15) is 0 Å². The molecule has 1 aliphatic rings. The first kappa shape index (κ1) is 10.8. The SMILES string of the molecule is C(=Cc1ccccc1)SC1CCCCC1. The van der Waals surface area contributed by atoms with Gasteiger partial charge >= 0.3 is 0 Å². The fourth-order valence-corrected chi connectivity index (χ4v) is 3.06. The van der Waals surface area contributed by atoms with Crippen LogP contribution in [0.4, 0.5) is 0 Å². The van der Waals surface area contributed by atoms with E-state index in [1.165, 1.54) is 37.7 Å². The first-order valence-corrected chi connectivity index (χ1v) is 6.76. The molecule has 0 bridgehead atoms. The van der Waals surface area contributed by atoms with Crippen molar-refractivity contribution in [2.75, 3.05) is 0 Å². The summed E-state index contributed by atoms with van der Waals surface area (Å²) in [6.07, 6.45) is 9.33. The monoisotopic (exact) mass is 218 g/mol. The fourth-order valence-electron chi connectivity index (χ4n) is 1.99. The van der Waals surface area contributed by atoms with E-state index in [1.807, 2.05) is 11.8 Å². The lowest BCUT2D eigenvalue weighted by Crippen LogP contribution is -2.06. The summed E-state index contributed by atoms with van der Waals surface area (Å²) in [6, 6.07) is 10.5. The molecule has 0 aliphatic heterocycles. The van der Waals surface area contributed by atoms with Crippen LogP contribution in [0.3, 0.4) is 0 Å². The normalized spacial score (nSPS) is 18.4. The summed E-state index contributed by atoms with van der Waals surface area (Å²) in [4.78, 5) is 0. The van der Waals surface area contributed by atoms with E-state index >= 15 is 0 Å². The quantitative estimate of drug-likeness (QED) is 0.707. The first-order chi connectivity index (χ1) is 7.45. The van der Waals surface area contributed by atoms with E-state index in [-0.39, 0.29) is 0 Å². The number of hydrogen-bond acceptors (Lipinski definition) is 1. The Bertz CT molecular complexity index is 296. The van der Waals surface area contributed by atoms with E-state index in [0.29, 0.717) is 0 Å². The predicted molar refractivity (Wildman–Crippen MR) is 69.9 cm³/mol. The third kappa shape index (κ3) is 3.75. The molecule has 0 amide bonds. The molecular formula is C14H18S. The average molecular weight is 218 g/mol. The van der Waals surface area contributed by atoms with E-state index in [9.17, 15) is 0 Å². The lowest BCUT2D eigenvalue weighted by molar-refractivity contribution is 0.517. The number of hydrogen-bond donors (Lipinski definition) is 0. The van der Waals surface area contributed by atoms with Crippen LogP contribution in [-0.2, 0) is 0 Å². The average Bonchev–Trinajstić information content (AvgIpc) is 2.32. The van der Waals surface area contributed by atoms with Gasteiger partial charge in [-0.05, 0) is 29.9 Å². The van der Waals surface area contributed by atoms with Gasteiger partial charge < -0.3 is 0 Å². The van der Waals surface area contributed by atoms with Crippen LogP contribution in [-0.4, -0.2) is 5.25 Å². The topological polar surface area (TPSA) is 0 Å². The zero-order chi connectivity index (χ0) is 10.3. The van der Waals surface area contributed by atoms with Crippen molar-refractivity contribution in [1.29, 1.82) is 0 Å². The molecule has 0 N–H and O–H groups in total. The van der Waals surface area contributed by atoms with Crippen molar-refractivity contribution in [3.63, 3.8) is 0 Å². The van der Waals surface area contributed by atoms with Crippen LogP contribution in [0.15, 0.2) is 35.7 Å².